The number of hydrogen-bond acceptors (Lipinski definition) is 4. The van der Waals surface area contributed by atoms with E-state index in [0.29, 0.717) is 22.6 Å². The first-order valence-corrected chi connectivity index (χ1v) is 7.21. The van der Waals surface area contributed by atoms with Crippen LogP contribution < -0.4 is 9.04 Å². The fraction of sp³-hybridized carbons (Fsp3) is 0.462. The molecule has 7 nitrogen and oxygen atoms in total. The van der Waals surface area contributed by atoms with Crippen LogP contribution in [0.1, 0.15) is 23.1 Å². The van der Waals surface area contributed by atoms with Crippen molar-refractivity contribution in [3.8, 4) is 5.75 Å². The number of ether oxygens (including phenoxy) is 1. The third-order valence-electron chi connectivity index (χ3n) is 3.24. The van der Waals surface area contributed by atoms with Crippen LogP contribution in [-0.4, -0.2) is 38.3 Å². The van der Waals surface area contributed by atoms with Crippen molar-refractivity contribution in [3.63, 3.8) is 0 Å². The van der Waals surface area contributed by atoms with Crippen molar-refractivity contribution in [2.75, 3.05) is 11.4 Å². The fourth-order valence-electron chi connectivity index (χ4n) is 2.15. The Balaban J connectivity index is 3.42. The van der Waals surface area contributed by atoms with E-state index in [1.165, 1.54) is 7.11 Å². The van der Waals surface area contributed by atoms with Crippen molar-refractivity contribution in [2.45, 2.75) is 33.4 Å². The van der Waals surface area contributed by atoms with Gasteiger partial charge < -0.3 is 14.9 Å². The molecule has 0 bridgehead atoms. The number of carbonyl (C=O) groups is 1. The number of aliphatic carboxylic acids is 1. The second-order valence-corrected chi connectivity index (χ2v) is 5.48. The molecule has 0 fully saturated rings. The molecule has 0 aliphatic carbocycles. The molecule has 0 aliphatic heterocycles. The molecular weight excluding hydrogens is 298 g/mol. The van der Waals surface area contributed by atoms with E-state index in [2.05, 4.69) is 0 Å². The van der Waals surface area contributed by atoms with Crippen LogP contribution >= 0.6 is 0 Å². The lowest BCUT2D eigenvalue weighted by molar-refractivity contribution is -0.138. The number of anilines is 1. The summed E-state index contributed by atoms with van der Waals surface area (Å²) in [5.41, 5.74) is 2.31. The minimum Gasteiger partial charge on any atom is -0.496 e. The number of aliphatic hydroxyl groups is 1. The summed E-state index contributed by atoms with van der Waals surface area (Å²) >= 11 is -2.56. The van der Waals surface area contributed by atoms with Crippen LogP contribution in [0.2, 0.25) is 0 Å². The van der Waals surface area contributed by atoms with Crippen LogP contribution in [0.25, 0.3) is 0 Å². The van der Waals surface area contributed by atoms with Crippen LogP contribution in [0.3, 0.4) is 0 Å². The van der Waals surface area contributed by atoms with Gasteiger partial charge in [-0.1, -0.05) is 0 Å². The molecule has 1 rings (SSSR count). The normalized spacial score (nSPS) is 13.6. The molecule has 0 amide bonds. The molecule has 21 heavy (non-hydrogen) atoms. The summed E-state index contributed by atoms with van der Waals surface area (Å²) in [7, 11) is 1.52. The molecule has 118 valence electrons. The summed E-state index contributed by atoms with van der Waals surface area (Å²) in [6, 6.07) is 1.67. The number of rotatable bonds is 6. The lowest BCUT2D eigenvalue weighted by atomic mass is 10.0. The SMILES string of the molecule is COc1cc(C)c(N(C(O)CC(=O)O)S(=O)O)c(C)c1C. The highest BCUT2D eigenvalue weighted by molar-refractivity contribution is 7.80. The Morgan fingerprint density at radius 3 is 2.38 bits per heavy atom. The molecule has 0 radical (unpaired) electrons. The van der Waals surface area contributed by atoms with Gasteiger partial charge in [0.15, 0.2) is 6.23 Å². The van der Waals surface area contributed by atoms with E-state index in [1.807, 2.05) is 0 Å². The topological polar surface area (TPSA) is 107 Å². The first-order valence-electron chi connectivity index (χ1n) is 6.15. The van der Waals surface area contributed by atoms with Crippen molar-refractivity contribution < 1.29 is 28.5 Å². The number of carboxylic acids is 1. The van der Waals surface area contributed by atoms with Crippen LogP contribution in [0, 0.1) is 20.8 Å². The van der Waals surface area contributed by atoms with Gasteiger partial charge in [-0.15, -0.1) is 0 Å². The van der Waals surface area contributed by atoms with Crippen LogP contribution in [0.4, 0.5) is 5.69 Å². The lowest BCUT2D eigenvalue weighted by Gasteiger charge is -2.29. The van der Waals surface area contributed by atoms with Gasteiger partial charge in [-0.25, -0.2) is 8.51 Å². The van der Waals surface area contributed by atoms with Gasteiger partial charge in [-0.05, 0) is 43.5 Å². The lowest BCUT2D eigenvalue weighted by Crippen LogP contribution is -2.39. The summed E-state index contributed by atoms with van der Waals surface area (Å²) in [5.74, 6) is -0.649. The fourth-order valence-corrected chi connectivity index (χ4v) is 2.87. The zero-order valence-corrected chi connectivity index (χ0v) is 13.1. The predicted molar refractivity (Wildman–Crippen MR) is 78.7 cm³/mol. The Labute approximate surface area is 125 Å². The number of carboxylic acid groups (broad SMARTS) is 1. The predicted octanol–water partition coefficient (Wildman–Crippen LogP) is 1.36. The van der Waals surface area contributed by atoms with Crippen molar-refractivity contribution in [1.82, 2.24) is 0 Å². The number of aliphatic hydroxyl groups excluding tert-OH is 1. The van der Waals surface area contributed by atoms with E-state index in [1.54, 1.807) is 26.8 Å². The second-order valence-electron chi connectivity index (χ2n) is 4.63. The van der Waals surface area contributed by atoms with Gasteiger partial charge in [-0.3, -0.25) is 9.35 Å². The molecule has 0 spiro atoms. The van der Waals surface area contributed by atoms with Crippen molar-refractivity contribution >= 4 is 22.9 Å². The average Bonchev–Trinajstić information content (AvgIpc) is 2.37. The van der Waals surface area contributed by atoms with E-state index in [9.17, 15) is 18.7 Å². The molecular formula is C13H19NO6S. The van der Waals surface area contributed by atoms with Gasteiger partial charge in [-0.2, -0.15) is 0 Å². The molecule has 1 aromatic rings. The molecule has 8 heteroatoms. The molecule has 3 N–H and O–H groups in total. The Morgan fingerprint density at radius 2 is 1.95 bits per heavy atom. The third-order valence-corrected chi connectivity index (χ3v) is 4.01. The Hall–Kier alpha value is -1.64. The number of hydrogen-bond donors (Lipinski definition) is 3. The summed E-state index contributed by atoms with van der Waals surface area (Å²) in [6.45, 7) is 5.18. The summed E-state index contributed by atoms with van der Waals surface area (Å²) in [5, 5.41) is 18.7. The second kappa shape index (κ2) is 6.88. The maximum Gasteiger partial charge on any atom is 0.307 e. The first kappa shape index (κ1) is 17.4. The molecule has 0 saturated heterocycles. The van der Waals surface area contributed by atoms with E-state index in [-0.39, 0.29) is 0 Å². The number of methoxy groups -OCH3 is 1. The molecule has 0 saturated carbocycles. The highest BCUT2D eigenvalue weighted by atomic mass is 32.2. The van der Waals surface area contributed by atoms with Crippen LogP contribution in [0.15, 0.2) is 6.07 Å². The van der Waals surface area contributed by atoms with Crippen molar-refractivity contribution in [2.24, 2.45) is 0 Å². The maximum absolute atomic E-state index is 11.5. The number of nitrogens with zero attached hydrogens (tertiary/aromatic N) is 1. The Bertz CT molecular complexity index is 574. The standard InChI is InChI=1S/C13H19NO6S/c1-7-5-10(20-4)8(2)9(3)13(7)14(21(18)19)11(15)6-12(16)17/h5,11,15H,6H2,1-4H3,(H,16,17)(H,18,19). The average molecular weight is 317 g/mol. The third kappa shape index (κ3) is 3.72. The zero-order valence-electron chi connectivity index (χ0n) is 12.3. The molecule has 0 aromatic heterocycles. The summed E-state index contributed by atoms with van der Waals surface area (Å²) in [4.78, 5) is 10.7. The highest BCUT2D eigenvalue weighted by Gasteiger charge is 2.28. The minimum absolute atomic E-state index is 0.322. The van der Waals surface area contributed by atoms with E-state index in [4.69, 9.17) is 9.84 Å². The van der Waals surface area contributed by atoms with E-state index in [0.717, 1.165) is 9.87 Å². The highest BCUT2D eigenvalue weighted by Crippen LogP contribution is 2.35. The van der Waals surface area contributed by atoms with Gasteiger partial charge in [0.1, 0.15) is 5.75 Å². The number of aryl methyl sites for hydroxylation is 1. The summed E-state index contributed by atoms with van der Waals surface area (Å²) < 4.78 is 27.0. The molecule has 0 heterocycles. The quantitative estimate of drug-likeness (QED) is 0.540. The molecule has 0 aliphatic rings. The largest absolute Gasteiger partial charge is 0.496 e. The van der Waals surface area contributed by atoms with Crippen LogP contribution in [0.5, 0.6) is 5.75 Å². The number of benzene rings is 1. The first-order chi connectivity index (χ1) is 9.70. The minimum atomic E-state index is -2.56. The van der Waals surface area contributed by atoms with E-state index >= 15 is 0 Å². The zero-order chi connectivity index (χ0) is 16.3. The van der Waals surface area contributed by atoms with Gasteiger partial charge in [0.25, 0.3) is 11.3 Å². The van der Waals surface area contributed by atoms with Crippen molar-refractivity contribution in [3.05, 3.63) is 22.8 Å². The monoisotopic (exact) mass is 317 g/mol. The molecule has 2 unspecified atom stereocenters. The maximum atomic E-state index is 11.5. The Morgan fingerprint density at radius 1 is 1.38 bits per heavy atom. The van der Waals surface area contributed by atoms with Gasteiger partial charge in [0, 0.05) is 0 Å². The smallest absolute Gasteiger partial charge is 0.307 e. The van der Waals surface area contributed by atoms with Gasteiger partial charge >= 0.3 is 5.97 Å². The Kier molecular flexibility index (Phi) is 5.70. The molecule has 1 aromatic carbocycles. The van der Waals surface area contributed by atoms with Crippen molar-refractivity contribution in [1.29, 1.82) is 0 Å². The van der Waals surface area contributed by atoms with Gasteiger partial charge in [0.05, 0.1) is 19.2 Å². The summed E-state index contributed by atoms with van der Waals surface area (Å²) in [6.07, 6.45) is -2.28. The van der Waals surface area contributed by atoms with Gasteiger partial charge in [0.2, 0.25) is 0 Å². The molecule has 2 atom stereocenters. The van der Waals surface area contributed by atoms with Crippen LogP contribution in [-0.2, 0) is 16.1 Å². The van der Waals surface area contributed by atoms with E-state index < -0.39 is 29.9 Å².